The Kier molecular flexibility index (Phi) is 6.50. The molecular weight excluding hydrogens is 332 g/mol. The molecule has 0 radical (unpaired) electrons. The van der Waals surface area contributed by atoms with Gasteiger partial charge < -0.3 is 11.1 Å². The molecule has 2 aromatic carbocycles. The molecule has 0 heterocycles. The Morgan fingerprint density at radius 1 is 1.09 bits per heavy atom. The van der Waals surface area contributed by atoms with Crippen LogP contribution in [-0.2, 0) is 17.1 Å². The van der Waals surface area contributed by atoms with Crippen LogP contribution in [0.2, 0.25) is 5.02 Å². The van der Waals surface area contributed by atoms with Crippen molar-refractivity contribution in [2.75, 3.05) is 5.75 Å². The first-order chi connectivity index (χ1) is 11.0. The van der Waals surface area contributed by atoms with Gasteiger partial charge in [0.25, 0.3) is 0 Å². The second-order valence-corrected chi connectivity index (χ2v) is 6.38. The molecular formula is C17H17ClN2O2S. The summed E-state index contributed by atoms with van der Waals surface area (Å²) in [5, 5.41) is 3.53. The number of nitrogens with two attached hydrogens (primary N) is 1. The molecule has 2 amide bonds. The van der Waals surface area contributed by atoms with Gasteiger partial charge in [0.15, 0.2) is 0 Å². The fourth-order valence-corrected chi connectivity index (χ4v) is 2.87. The van der Waals surface area contributed by atoms with E-state index in [4.69, 9.17) is 17.3 Å². The smallest absolute Gasteiger partial charge is 0.248 e. The summed E-state index contributed by atoms with van der Waals surface area (Å²) in [5.74, 6) is 0.602. The maximum Gasteiger partial charge on any atom is 0.248 e. The van der Waals surface area contributed by atoms with Gasteiger partial charge in [-0.2, -0.15) is 0 Å². The van der Waals surface area contributed by atoms with Crippen molar-refractivity contribution in [1.29, 1.82) is 0 Å². The normalized spacial score (nSPS) is 10.3. The molecule has 0 unspecified atom stereocenters. The van der Waals surface area contributed by atoms with E-state index in [9.17, 15) is 9.59 Å². The molecule has 0 aliphatic rings. The summed E-state index contributed by atoms with van der Waals surface area (Å²) < 4.78 is 0. The molecule has 0 bridgehead atoms. The molecule has 23 heavy (non-hydrogen) atoms. The number of amides is 2. The highest BCUT2D eigenvalue weighted by Gasteiger charge is 2.04. The minimum absolute atomic E-state index is 0.0477. The van der Waals surface area contributed by atoms with E-state index in [0.29, 0.717) is 22.9 Å². The standard InChI is InChI=1S/C17H17ClN2O2S/c18-15-6-4-12(5-7-15)10-23-11-16(21)20-9-13-2-1-3-14(8-13)17(19)22/h1-8H,9-11H2,(H2,19,22)(H,20,21). The lowest BCUT2D eigenvalue weighted by Crippen LogP contribution is -2.24. The lowest BCUT2D eigenvalue weighted by molar-refractivity contribution is -0.118. The predicted molar refractivity (Wildman–Crippen MR) is 94.4 cm³/mol. The number of rotatable bonds is 7. The molecule has 120 valence electrons. The van der Waals surface area contributed by atoms with Crippen LogP contribution in [0.15, 0.2) is 48.5 Å². The molecule has 0 saturated heterocycles. The van der Waals surface area contributed by atoms with Crippen LogP contribution < -0.4 is 11.1 Å². The molecule has 0 aliphatic heterocycles. The van der Waals surface area contributed by atoms with Gasteiger partial charge in [0.2, 0.25) is 11.8 Å². The van der Waals surface area contributed by atoms with Gasteiger partial charge in [-0.15, -0.1) is 11.8 Å². The summed E-state index contributed by atoms with van der Waals surface area (Å²) in [6.07, 6.45) is 0. The lowest BCUT2D eigenvalue weighted by Gasteiger charge is -2.06. The van der Waals surface area contributed by atoms with Gasteiger partial charge in [0.05, 0.1) is 5.75 Å². The van der Waals surface area contributed by atoms with E-state index >= 15 is 0 Å². The summed E-state index contributed by atoms with van der Waals surface area (Å²) in [7, 11) is 0. The van der Waals surface area contributed by atoms with Gasteiger partial charge in [-0.05, 0) is 35.4 Å². The first-order valence-electron chi connectivity index (χ1n) is 7.02. The number of benzene rings is 2. The summed E-state index contributed by atoms with van der Waals surface area (Å²) in [5.41, 5.74) is 7.64. The van der Waals surface area contributed by atoms with Crippen LogP contribution in [0.5, 0.6) is 0 Å². The lowest BCUT2D eigenvalue weighted by atomic mass is 10.1. The molecule has 2 aromatic rings. The van der Waals surface area contributed by atoms with Gasteiger partial charge in [-0.25, -0.2) is 0 Å². The third-order valence-corrected chi connectivity index (χ3v) is 4.37. The van der Waals surface area contributed by atoms with Crippen LogP contribution in [0.4, 0.5) is 0 Å². The molecule has 0 fully saturated rings. The number of halogens is 1. The molecule has 0 spiro atoms. The first kappa shape index (κ1) is 17.4. The summed E-state index contributed by atoms with van der Waals surface area (Å²) in [6, 6.07) is 14.5. The number of hydrogen-bond donors (Lipinski definition) is 2. The molecule has 6 heteroatoms. The Bertz CT molecular complexity index is 689. The highest BCUT2D eigenvalue weighted by atomic mass is 35.5. The van der Waals surface area contributed by atoms with E-state index in [1.807, 2.05) is 30.3 Å². The van der Waals surface area contributed by atoms with Gasteiger partial charge in [0, 0.05) is 22.9 Å². The van der Waals surface area contributed by atoms with Crippen LogP contribution in [0.1, 0.15) is 21.5 Å². The van der Waals surface area contributed by atoms with Crippen LogP contribution >= 0.6 is 23.4 Å². The Morgan fingerprint density at radius 3 is 2.52 bits per heavy atom. The van der Waals surface area contributed by atoms with Crippen molar-refractivity contribution in [2.24, 2.45) is 5.73 Å². The van der Waals surface area contributed by atoms with Crippen LogP contribution in [0.25, 0.3) is 0 Å². The molecule has 3 N–H and O–H groups in total. The Hall–Kier alpha value is -1.98. The van der Waals surface area contributed by atoms with E-state index in [2.05, 4.69) is 5.32 Å². The number of hydrogen-bond acceptors (Lipinski definition) is 3. The van der Waals surface area contributed by atoms with Crippen molar-refractivity contribution >= 4 is 35.2 Å². The van der Waals surface area contributed by atoms with E-state index in [-0.39, 0.29) is 5.91 Å². The average molecular weight is 349 g/mol. The molecule has 0 saturated carbocycles. The number of carbonyl (C=O) groups is 2. The van der Waals surface area contributed by atoms with E-state index in [1.54, 1.807) is 18.2 Å². The first-order valence-corrected chi connectivity index (χ1v) is 8.55. The van der Waals surface area contributed by atoms with Gasteiger partial charge in [-0.1, -0.05) is 35.9 Å². The van der Waals surface area contributed by atoms with Crippen LogP contribution in [0, 0.1) is 0 Å². The fraction of sp³-hybridized carbons (Fsp3) is 0.176. The zero-order valence-corrected chi connectivity index (χ0v) is 14.0. The summed E-state index contributed by atoms with van der Waals surface area (Å²) in [6.45, 7) is 0.376. The van der Waals surface area contributed by atoms with Crippen molar-refractivity contribution in [3.05, 3.63) is 70.2 Å². The quantitative estimate of drug-likeness (QED) is 0.808. The zero-order chi connectivity index (χ0) is 16.7. The van der Waals surface area contributed by atoms with Gasteiger partial charge in [-0.3, -0.25) is 9.59 Å². The maximum absolute atomic E-state index is 11.8. The fourth-order valence-electron chi connectivity index (χ4n) is 1.93. The van der Waals surface area contributed by atoms with Crippen molar-refractivity contribution in [3.63, 3.8) is 0 Å². The SMILES string of the molecule is NC(=O)c1cccc(CNC(=O)CSCc2ccc(Cl)cc2)c1. The largest absolute Gasteiger partial charge is 0.366 e. The van der Waals surface area contributed by atoms with Crippen molar-refractivity contribution < 1.29 is 9.59 Å². The van der Waals surface area contributed by atoms with E-state index in [1.165, 1.54) is 11.8 Å². The Morgan fingerprint density at radius 2 is 1.83 bits per heavy atom. The van der Waals surface area contributed by atoms with Crippen molar-refractivity contribution in [1.82, 2.24) is 5.32 Å². The van der Waals surface area contributed by atoms with Crippen molar-refractivity contribution in [3.8, 4) is 0 Å². The van der Waals surface area contributed by atoms with Crippen LogP contribution in [-0.4, -0.2) is 17.6 Å². The minimum Gasteiger partial charge on any atom is -0.366 e. The van der Waals surface area contributed by atoms with Gasteiger partial charge in [0.1, 0.15) is 0 Å². The summed E-state index contributed by atoms with van der Waals surface area (Å²) in [4.78, 5) is 22.9. The molecule has 2 rings (SSSR count). The maximum atomic E-state index is 11.8. The number of thioether (sulfide) groups is 1. The minimum atomic E-state index is -0.475. The van der Waals surface area contributed by atoms with Crippen molar-refractivity contribution in [2.45, 2.75) is 12.3 Å². The number of carbonyl (C=O) groups excluding carboxylic acids is 2. The highest BCUT2D eigenvalue weighted by molar-refractivity contribution is 7.99. The number of primary amides is 1. The second-order valence-electron chi connectivity index (χ2n) is 4.96. The van der Waals surface area contributed by atoms with Gasteiger partial charge >= 0.3 is 0 Å². The monoisotopic (exact) mass is 348 g/mol. The topological polar surface area (TPSA) is 72.2 Å². The highest BCUT2D eigenvalue weighted by Crippen LogP contribution is 2.15. The molecule has 0 aromatic heterocycles. The zero-order valence-electron chi connectivity index (χ0n) is 12.4. The Balaban J connectivity index is 1.73. The third-order valence-electron chi connectivity index (χ3n) is 3.12. The second kappa shape index (κ2) is 8.60. The Labute approximate surface area is 144 Å². The van der Waals surface area contributed by atoms with E-state index in [0.717, 1.165) is 16.9 Å². The molecule has 0 aliphatic carbocycles. The molecule has 0 atom stereocenters. The van der Waals surface area contributed by atoms with Crippen LogP contribution in [0.3, 0.4) is 0 Å². The average Bonchev–Trinajstić information content (AvgIpc) is 2.55. The van der Waals surface area contributed by atoms with E-state index < -0.39 is 5.91 Å². The predicted octanol–water partition coefficient (Wildman–Crippen LogP) is 2.99. The molecule has 4 nitrogen and oxygen atoms in total. The number of nitrogens with one attached hydrogen (secondary N) is 1. The summed E-state index contributed by atoms with van der Waals surface area (Å²) >= 11 is 7.36. The third kappa shape index (κ3) is 5.96.